The maximum absolute atomic E-state index is 15.6. The first-order valence-electron chi connectivity index (χ1n) is 15.8. The van der Waals surface area contributed by atoms with Crippen LogP contribution in [0.2, 0.25) is 0 Å². The summed E-state index contributed by atoms with van der Waals surface area (Å²) in [4.78, 5) is 11.9. The molecule has 4 nitrogen and oxygen atoms in total. The van der Waals surface area contributed by atoms with Crippen molar-refractivity contribution in [1.29, 1.82) is 0 Å². The summed E-state index contributed by atoms with van der Waals surface area (Å²) < 4.78 is 224. The Labute approximate surface area is 305 Å². The fourth-order valence-electron chi connectivity index (χ4n) is 6.68. The van der Waals surface area contributed by atoms with E-state index in [2.05, 4.69) is 19.9 Å². The lowest BCUT2D eigenvalue weighted by Gasteiger charge is -2.11. The van der Waals surface area contributed by atoms with E-state index in [1.807, 2.05) is 0 Å². The van der Waals surface area contributed by atoms with Gasteiger partial charge in [0.1, 0.15) is 0 Å². The highest BCUT2D eigenvalue weighted by molar-refractivity contribution is 6.00. The predicted molar refractivity (Wildman–Crippen MR) is 176 cm³/mol. The van der Waals surface area contributed by atoms with E-state index in [1.165, 1.54) is 13.0 Å². The van der Waals surface area contributed by atoms with E-state index in [0.717, 1.165) is 36.4 Å². The van der Waals surface area contributed by atoms with Gasteiger partial charge in [0.25, 0.3) is 0 Å². The average molecular weight is 811 g/mol. The quantitative estimate of drug-likeness (QED) is 0.0929. The number of fused-ring (bicyclic) bond motifs is 9. The van der Waals surface area contributed by atoms with Crippen LogP contribution in [0.15, 0.2) is 30.3 Å². The van der Waals surface area contributed by atoms with Gasteiger partial charge in [-0.3, -0.25) is 0 Å². The van der Waals surface area contributed by atoms with Crippen molar-refractivity contribution >= 4 is 45.3 Å². The lowest BCUT2D eigenvalue weighted by molar-refractivity contribution is 0.381. The summed E-state index contributed by atoms with van der Waals surface area (Å²) in [6.07, 6.45) is 1.65. The number of H-pyrrole nitrogens is 3. The minimum atomic E-state index is -2.60. The van der Waals surface area contributed by atoms with Crippen LogP contribution in [0, 0.1) is 94.2 Å². The summed E-state index contributed by atoms with van der Waals surface area (Å²) in [5.74, 6) is -36.5. The van der Waals surface area contributed by atoms with Crippen LogP contribution < -0.4 is 0 Å². The molecule has 1 aliphatic rings. The topological polar surface area (TPSA) is 60.3 Å². The first kappa shape index (κ1) is 37.3. The summed E-state index contributed by atoms with van der Waals surface area (Å²) in [5, 5.41) is 0. The third-order valence-electron chi connectivity index (χ3n) is 9.27. The van der Waals surface area contributed by atoms with Crippen molar-refractivity contribution in [3.05, 3.63) is 135 Å². The molecule has 0 saturated heterocycles. The highest BCUT2D eigenvalue weighted by atomic mass is 19.2. The van der Waals surface area contributed by atoms with Crippen molar-refractivity contribution in [3.63, 3.8) is 0 Å². The molecule has 0 aliphatic carbocycles. The number of aryl methyl sites for hydroxylation is 1. The standard InChI is InChI=1S/C38H13F15N4/c1-9-8-16-19(22-27(43)33(49)37(53)34(50)28(22)44)14-5-4-11(55-14)17(20-23(39)29(45)35(51)30(46)24(20)40)10-2-3-12(54-10)18(13-6-7-15(56-13)38(9)57-16)21-25(41)31(47)36(52)32(48)26(21)42/h2-8,55-57H,1H3. The molecule has 1 aliphatic heterocycles. The van der Waals surface area contributed by atoms with E-state index in [9.17, 15) is 39.5 Å². The summed E-state index contributed by atoms with van der Waals surface area (Å²) >= 11 is 0. The Balaban J connectivity index is 1.67. The van der Waals surface area contributed by atoms with E-state index in [4.69, 9.17) is 0 Å². The molecule has 0 spiro atoms. The van der Waals surface area contributed by atoms with Gasteiger partial charge in [0.2, 0.25) is 17.5 Å². The second-order valence-corrected chi connectivity index (χ2v) is 12.5. The van der Waals surface area contributed by atoms with Gasteiger partial charge in [0.05, 0.1) is 39.1 Å². The number of aromatic nitrogens is 4. The summed E-state index contributed by atoms with van der Waals surface area (Å²) in [7, 11) is 0. The molecule has 4 aromatic heterocycles. The summed E-state index contributed by atoms with van der Waals surface area (Å²) in [6, 6.07) is 5.12. The van der Waals surface area contributed by atoms with E-state index >= 15 is 26.3 Å². The summed E-state index contributed by atoms with van der Waals surface area (Å²) in [5.41, 5.74) is -11.1. The minimum Gasteiger partial charge on any atom is -0.354 e. The number of benzene rings is 3. The Morgan fingerprint density at radius 3 is 1.02 bits per heavy atom. The molecule has 3 aromatic carbocycles. The molecule has 0 unspecified atom stereocenters. The molecule has 19 heteroatoms. The van der Waals surface area contributed by atoms with Gasteiger partial charge in [-0.15, -0.1) is 0 Å². The Kier molecular flexibility index (Phi) is 8.47. The molecule has 0 fully saturated rings. The van der Waals surface area contributed by atoms with Gasteiger partial charge in [-0.1, -0.05) is 0 Å². The first-order chi connectivity index (χ1) is 26.9. The number of nitrogens with one attached hydrogen (secondary N) is 3. The zero-order valence-corrected chi connectivity index (χ0v) is 27.7. The van der Waals surface area contributed by atoms with Crippen molar-refractivity contribution in [1.82, 2.24) is 19.9 Å². The lowest BCUT2D eigenvalue weighted by atomic mass is 10.0. The van der Waals surface area contributed by atoms with Gasteiger partial charge < -0.3 is 15.0 Å². The van der Waals surface area contributed by atoms with Crippen LogP contribution in [-0.4, -0.2) is 19.9 Å². The number of halogens is 15. The molecular formula is C38H13F15N4. The molecule has 0 amide bonds. The SMILES string of the molecule is Cc1cc2[nH]c1c1ccc([nH]1)c(-c1c(F)c(F)c(F)c(F)c1F)c1nc(c(-c3c(F)c(F)c(F)c(F)c3F)c3ccc([nH]3)c2-c2c(F)c(F)c(F)c(F)c2F)C=C1. The first-order valence-corrected chi connectivity index (χ1v) is 15.8. The maximum Gasteiger partial charge on any atom is 0.200 e. The van der Waals surface area contributed by atoms with E-state index < -0.39 is 154 Å². The smallest absolute Gasteiger partial charge is 0.200 e. The number of aromatic amines is 3. The number of rotatable bonds is 3. The molecule has 8 rings (SSSR count). The third-order valence-corrected chi connectivity index (χ3v) is 9.27. The van der Waals surface area contributed by atoms with Crippen molar-refractivity contribution in [2.45, 2.75) is 6.92 Å². The number of nitrogens with zero attached hydrogens (tertiary/aromatic N) is 1. The third kappa shape index (κ3) is 5.31. The zero-order valence-electron chi connectivity index (χ0n) is 27.7. The van der Waals surface area contributed by atoms with E-state index in [0.29, 0.717) is 0 Å². The number of hydrogen-bond acceptors (Lipinski definition) is 1. The van der Waals surface area contributed by atoms with Crippen molar-refractivity contribution < 1.29 is 65.9 Å². The number of hydrogen-bond donors (Lipinski definition) is 3. The minimum absolute atomic E-state index is 0.0270. The van der Waals surface area contributed by atoms with Gasteiger partial charge in [0.15, 0.2) is 69.8 Å². The molecule has 5 heterocycles. The van der Waals surface area contributed by atoms with Crippen LogP contribution in [-0.2, 0) is 0 Å². The lowest BCUT2D eigenvalue weighted by Crippen LogP contribution is -2.05. The second kappa shape index (κ2) is 13.0. The van der Waals surface area contributed by atoms with Gasteiger partial charge in [-0.05, 0) is 55.0 Å². The molecule has 7 aromatic rings. The zero-order chi connectivity index (χ0) is 41.1. The van der Waals surface area contributed by atoms with Crippen molar-refractivity contribution in [3.8, 4) is 33.4 Å². The highest BCUT2D eigenvalue weighted by Gasteiger charge is 2.33. The fourth-order valence-corrected chi connectivity index (χ4v) is 6.68. The van der Waals surface area contributed by atoms with Crippen LogP contribution in [0.25, 0.3) is 78.6 Å². The monoisotopic (exact) mass is 810 g/mol. The largest absolute Gasteiger partial charge is 0.354 e. The normalized spacial score (nSPS) is 12.1. The van der Waals surface area contributed by atoms with Crippen LogP contribution in [0.4, 0.5) is 65.9 Å². The van der Waals surface area contributed by atoms with Gasteiger partial charge in [-0.25, -0.2) is 70.8 Å². The van der Waals surface area contributed by atoms with E-state index in [1.54, 1.807) is 0 Å². The van der Waals surface area contributed by atoms with Gasteiger partial charge in [0, 0.05) is 38.8 Å². The van der Waals surface area contributed by atoms with Crippen molar-refractivity contribution in [2.24, 2.45) is 0 Å². The Morgan fingerprint density at radius 1 is 0.333 bits per heavy atom. The molecule has 3 N–H and O–H groups in total. The fraction of sp³-hybridized carbons (Fsp3) is 0.0263. The molecule has 57 heavy (non-hydrogen) atoms. The average Bonchev–Trinajstić information content (AvgIpc) is 4.03. The Hall–Kier alpha value is -6.66. The Bertz CT molecular complexity index is 3010. The molecule has 8 bridgehead atoms. The van der Waals surface area contributed by atoms with E-state index in [-0.39, 0.29) is 16.6 Å². The van der Waals surface area contributed by atoms with Crippen molar-refractivity contribution in [2.75, 3.05) is 0 Å². The predicted octanol–water partition coefficient (Wildman–Crippen LogP) is 12.1. The van der Waals surface area contributed by atoms with Crippen LogP contribution in [0.1, 0.15) is 17.0 Å². The van der Waals surface area contributed by atoms with Crippen LogP contribution in [0.3, 0.4) is 0 Å². The summed E-state index contributed by atoms with van der Waals surface area (Å²) in [6.45, 7) is 1.38. The Morgan fingerprint density at radius 2 is 0.632 bits per heavy atom. The molecular weight excluding hydrogens is 797 g/mol. The highest BCUT2D eigenvalue weighted by Crippen LogP contribution is 2.42. The van der Waals surface area contributed by atoms with Crippen LogP contribution >= 0.6 is 0 Å². The second-order valence-electron chi connectivity index (χ2n) is 12.5. The molecule has 0 saturated carbocycles. The molecule has 0 radical (unpaired) electrons. The molecule has 0 atom stereocenters. The van der Waals surface area contributed by atoms with Gasteiger partial charge >= 0.3 is 0 Å². The van der Waals surface area contributed by atoms with Crippen LogP contribution in [0.5, 0.6) is 0 Å². The molecule has 290 valence electrons. The maximum atomic E-state index is 15.6. The van der Waals surface area contributed by atoms with Gasteiger partial charge in [-0.2, -0.15) is 0 Å².